The number of aromatic nitrogens is 1. The van der Waals surface area contributed by atoms with Gasteiger partial charge in [0.15, 0.2) is 0 Å². The molecule has 1 aliphatic rings. The van der Waals surface area contributed by atoms with Crippen LogP contribution in [0.4, 0.5) is 20.7 Å². The second-order valence-corrected chi connectivity index (χ2v) is 9.74. The quantitative estimate of drug-likeness (QED) is 0.221. The van der Waals surface area contributed by atoms with E-state index in [0.29, 0.717) is 25.5 Å². The van der Waals surface area contributed by atoms with Crippen LogP contribution in [0.5, 0.6) is 0 Å². The Morgan fingerprint density at radius 2 is 1.45 bits per heavy atom. The molecule has 1 fully saturated rings. The van der Waals surface area contributed by atoms with Gasteiger partial charge in [0, 0.05) is 31.7 Å². The number of benzene rings is 3. The largest absolute Gasteiger partial charge is 0.465 e. The van der Waals surface area contributed by atoms with Crippen molar-refractivity contribution in [2.24, 2.45) is 0 Å². The average molecular weight is 531 g/mol. The van der Waals surface area contributed by atoms with Gasteiger partial charge in [-0.05, 0) is 23.6 Å². The van der Waals surface area contributed by atoms with E-state index in [0.717, 1.165) is 16.7 Å². The standard InChI is InChI=1S/C30H28ClFN4O2/c1-21-20-35(17-18-36(21)26-19-25(33-29(37)38)27(31)28(32)34-26)30(22-11-5-2-6-12-22,23-13-7-3-8-14-23)24-15-9-4-10-16-24/h2-16,19,21H,17-18,20H2,1H3,(H,33,34)(H,37,38). The number of nitrogens with one attached hydrogen (secondary N) is 1. The first-order valence-corrected chi connectivity index (χ1v) is 12.8. The maximum atomic E-state index is 14.6. The lowest BCUT2D eigenvalue weighted by atomic mass is 9.75. The van der Waals surface area contributed by atoms with Gasteiger partial charge in [0.1, 0.15) is 10.8 Å². The first-order chi connectivity index (χ1) is 18.4. The third kappa shape index (κ3) is 4.71. The van der Waals surface area contributed by atoms with E-state index in [9.17, 15) is 9.18 Å². The molecule has 2 N–H and O–H groups in total. The first kappa shape index (κ1) is 25.7. The lowest BCUT2D eigenvalue weighted by Gasteiger charge is -2.51. The van der Waals surface area contributed by atoms with Crippen LogP contribution in [0.2, 0.25) is 5.02 Å². The topological polar surface area (TPSA) is 68.7 Å². The highest BCUT2D eigenvalue weighted by molar-refractivity contribution is 6.33. The van der Waals surface area contributed by atoms with Crippen molar-refractivity contribution < 1.29 is 14.3 Å². The highest BCUT2D eigenvalue weighted by atomic mass is 35.5. The number of nitrogens with zero attached hydrogens (tertiary/aromatic N) is 3. The fourth-order valence-corrected chi connectivity index (χ4v) is 5.67. The van der Waals surface area contributed by atoms with Gasteiger partial charge in [-0.2, -0.15) is 4.39 Å². The Morgan fingerprint density at radius 3 is 1.89 bits per heavy atom. The Hall–Kier alpha value is -3.94. The number of halogens is 2. The van der Waals surface area contributed by atoms with Crippen molar-refractivity contribution in [3.05, 3.63) is 125 Å². The number of rotatable bonds is 6. The normalized spacial score (nSPS) is 16.3. The van der Waals surface area contributed by atoms with Crippen molar-refractivity contribution in [2.75, 3.05) is 29.9 Å². The second kappa shape index (κ2) is 10.8. The van der Waals surface area contributed by atoms with Crippen molar-refractivity contribution in [3.63, 3.8) is 0 Å². The molecule has 0 bridgehead atoms. The molecule has 3 aromatic carbocycles. The molecule has 8 heteroatoms. The summed E-state index contributed by atoms with van der Waals surface area (Å²) in [7, 11) is 0. The molecule has 0 aliphatic carbocycles. The molecule has 38 heavy (non-hydrogen) atoms. The van der Waals surface area contributed by atoms with Crippen molar-refractivity contribution in [1.29, 1.82) is 0 Å². The van der Waals surface area contributed by atoms with Gasteiger partial charge in [-0.3, -0.25) is 10.2 Å². The SMILES string of the molecule is CC1CN(C(c2ccccc2)(c2ccccc2)c2ccccc2)CCN1c1cc(NC(=O)O)c(Cl)c(F)n1. The Balaban J connectivity index is 1.58. The Morgan fingerprint density at radius 1 is 0.947 bits per heavy atom. The monoisotopic (exact) mass is 530 g/mol. The minimum Gasteiger partial charge on any atom is -0.465 e. The van der Waals surface area contributed by atoms with E-state index in [1.165, 1.54) is 6.07 Å². The minimum absolute atomic E-state index is 0.0245. The predicted octanol–water partition coefficient (Wildman–Crippen LogP) is 6.47. The molecule has 0 spiro atoms. The van der Waals surface area contributed by atoms with Gasteiger partial charge in [-0.1, -0.05) is 103 Å². The molecule has 1 aromatic heterocycles. The summed E-state index contributed by atoms with van der Waals surface area (Å²) in [6, 6.07) is 32.8. The molecule has 4 aromatic rings. The summed E-state index contributed by atoms with van der Waals surface area (Å²) in [5, 5.41) is 11.0. The highest BCUT2D eigenvalue weighted by Crippen LogP contribution is 2.43. The second-order valence-electron chi connectivity index (χ2n) is 9.36. The van der Waals surface area contributed by atoms with Crippen LogP contribution in [0.15, 0.2) is 97.1 Å². The zero-order valence-corrected chi connectivity index (χ0v) is 21.6. The summed E-state index contributed by atoms with van der Waals surface area (Å²) < 4.78 is 14.6. The first-order valence-electron chi connectivity index (χ1n) is 12.5. The number of carbonyl (C=O) groups is 1. The third-order valence-electron chi connectivity index (χ3n) is 7.12. The summed E-state index contributed by atoms with van der Waals surface area (Å²) in [4.78, 5) is 19.7. The minimum atomic E-state index is -1.32. The molecule has 1 amide bonds. The van der Waals surface area contributed by atoms with Crippen molar-refractivity contribution in [1.82, 2.24) is 9.88 Å². The van der Waals surface area contributed by atoms with Crippen molar-refractivity contribution in [3.8, 4) is 0 Å². The summed E-state index contributed by atoms with van der Waals surface area (Å²) >= 11 is 5.98. The fraction of sp³-hybridized carbons (Fsp3) is 0.200. The van der Waals surface area contributed by atoms with Crippen LogP contribution in [0.25, 0.3) is 0 Å². The number of carboxylic acid groups (broad SMARTS) is 1. The van der Waals surface area contributed by atoms with Crippen molar-refractivity contribution in [2.45, 2.75) is 18.5 Å². The van der Waals surface area contributed by atoms with Gasteiger partial charge in [-0.15, -0.1) is 0 Å². The van der Waals surface area contributed by atoms with E-state index < -0.39 is 17.6 Å². The average Bonchev–Trinajstić information content (AvgIpc) is 2.93. The number of hydrogen-bond acceptors (Lipinski definition) is 4. The maximum absolute atomic E-state index is 14.6. The summed E-state index contributed by atoms with van der Waals surface area (Å²) in [6.07, 6.45) is -1.32. The van der Waals surface area contributed by atoms with Gasteiger partial charge in [0.2, 0.25) is 5.95 Å². The Bertz CT molecular complexity index is 1310. The van der Waals surface area contributed by atoms with Gasteiger partial charge in [-0.25, -0.2) is 9.78 Å². The molecule has 194 valence electrons. The molecule has 1 saturated heterocycles. The van der Waals surface area contributed by atoms with E-state index in [2.05, 4.69) is 94.9 Å². The zero-order valence-electron chi connectivity index (χ0n) is 20.9. The van der Waals surface area contributed by atoms with Gasteiger partial charge < -0.3 is 10.0 Å². The van der Waals surface area contributed by atoms with Crippen LogP contribution >= 0.6 is 11.6 Å². The molecule has 5 rings (SSSR count). The maximum Gasteiger partial charge on any atom is 0.409 e. The van der Waals surface area contributed by atoms with Gasteiger partial charge in [0.25, 0.3) is 0 Å². The molecule has 0 saturated carbocycles. The van der Waals surface area contributed by atoms with Crippen LogP contribution in [-0.4, -0.2) is 46.8 Å². The van der Waals surface area contributed by atoms with Gasteiger partial charge >= 0.3 is 6.09 Å². The van der Waals surface area contributed by atoms with Crippen LogP contribution in [0.3, 0.4) is 0 Å². The summed E-state index contributed by atoms with van der Waals surface area (Å²) in [6.45, 7) is 3.91. The third-order valence-corrected chi connectivity index (χ3v) is 7.48. The van der Waals surface area contributed by atoms with E-state index in [4.69, 9.17) is 16.7 Å². The number of anilines is 2. The Labute approximate surface area is 226 Å². The summed E-state index contributed by atoms with van der Waals surface area (Å²) in [5.74, 6) is -0.567. The van der Waals surface area contributed by atoms with E-state index >= 15 is 0 Å². The molecule has 1 aliphatic heterocycles. The zero-order chi connectivity index (χ0) is 26.7. The molecular formula is C30H28ClFN4O2. The smallest absolute Gasteiger partial charge is 0.409 e. The Kier molecular flexibility index (Phi) is 7.31. The van der Waals surface area contributed by atoms with Crippen molar-refractivity contribution >= 4 is 29.2 Å². The molecule has 0 radical (unpaired) electrons. The number of amides is 1. The van der Waals surface area contributed by atoms with E-state index in [-0.39, 0.29) is 16.8 Å². The fourth-order valence-electron chi connectivity index (χ4n) is 5.53. The summed E-state index contributed by atoms with van der Waals surface area (Å²) in [5.41, 5.74) is 2.88. The number of pyridine rings is 1. The lowest BCUT2D eigenvalue weighted by Crippen LogP contribution is -2.60. The molecule has 2 heterocycles. The lowest BCUT2D eigenvalue weighted by molar-refractivity contribution is 0.128. The number of hydrogen-bond donors (Lipinski definition) is 2. The van der Waals surface area contributed by atoms with E-state index in [1.807, 2.05) is 23.1 Å². The van der Waals surface area contributed by atoms with E-state index in [1.54, 1.807) is 0 Å². The van der Waals surface area contributed by atoms with Crippen LogP contribution < -0.4 is 10.2 Å². The predicted molar refractivity (Wildman–Crippen MR) is 148 cm³/mol. The van der Waals surface area contributed by atoms with Gasteiger partial charge in [0.05, 0.1) is 11.2 Å². The highest BCUT2D eigenvalue weighted by Gasteiger charge is 2.44. The molecule has 6 nitrogen and oxygen atoms in total. The van der Waals surface area contributed by atoms with Crippen LogP contribution in [0, 0.1) is 5.95 Å². The molecule has 1 atom stereocenters. The number of piperazine rings is 1. The van der Waals surface area contributed by atoms with Crippen LogP contribution in [-0.2, 0) is 5.54 Å². The van der Waals surface area contributed by atoms with Crippen LogP contribution in [0.1, 0.15) is 23.6 Å². The molecular weight excluding hydrogens is 503 g/mol. The molecule has 1 unspecified atom stereocenters.